The van der Waals surface area contributed by atoms with Crippen molar-refractivity contribution in [1.29, 1.82) is 0 Å². The molecular formula is C18H22N2O. The second-order valence-corrected chi connectivity index (χ2v) is 6.03. The van der Waals surface area contributed by atoms with Gasteiger partial charge in [0.15, 0.2) is 5.78 Å². The number of nitrogens with two attached hydrogens (primary N) is 1. The molecular weight excluding hydrogens is 260 g/mol. The summed E-state index contributed by atoms with van der Waals surface area (Å²) in [6.45, 7) is 1.60. The number of rotatable bonds is 3. The van der Waals surface area contributed by atoms with Crippen LogP contribution in [-0.2, 0) is 0 Å². The largest absolute Gasteiger partial charge is 0.381 e. The number of Topliss-reactive ketones (excluding diaryl/α,β-unsaturated/α-hetero) is 1. The number of carbonyl (C=O) groups excluding carboxylic acids is 1. The molecule has 110 valence electrons. The summed E-state index contributed by atoms with van der Waals surface area (Å²) in [5.74, 6) is 0.104. The minimum Gasteiger partial charge on any atom is -0.381 e. The van der Waals surface area contributed by atoms with Crippen LogP contribution in [0.1, 0.15) is 43.0 Å². The molecule has 0 bridgehead atoms. The Morgan fingerprint density at radius 2 is 1.81 bits per heavy atom. The van der Waals surface area contributed by atoms with Crippen molar-refractivity contribution in [1.82, 2.24) is 0 Å². The predicted octanol–water partition coefficient (Wildman–Crippen LogP) is 3.72. The molecule has 3 nitrogen and oxygen atoms in total. The van der Waals surface area contributed by atoms with Gasteiger partial charge in [-0.3, -0.25) is 4.79 Å². The van der Waals surface area contributed by atoms with Crippen molar-refractivity contribution >= 4 is 22.2 Å². The molecule has 1 fully saturated rings. The summed E-state index contributed by atoms with van der Waals surface area (Å²) in [4.78, 5) is 11.4. The molecule has 3 rings (SSSR count). The van der Waals surface area contributed by atoms with Gasteiger partial charge in [-0.15, -0.1) is 0 Å². The zero-order chi connectivity index (χ0) is 14.8. The molecule has 3 heteroatoms. The Hall–Kier alpha value is -1.87. The highest BCUT2D eigenvalue weighted by molar-refractivity contribution is 5.99. The van der Waals surface area contributed by atoms with Crippen LogP contribution in [0.4, 0.5) is 5.69 Å². The lowest BCUT2D eigenvalue weighted by molar-refractivity contribution is 0.101. The van der Waals surface area contributed by atoms with Crippen LogP contribution in [0.5, 0.6) is 0 Å². The third-order valence-electron chi connectivity index (χ3n) is 4.42. The van der Waals surface area contributed by atoms with Crippen molar-refractivity contribution in [2.24, 2.45) is 5.73 Å². The van der Waals surface area contributed by atoms with Crippen molar-refractivity contribution in [2.45, 2.75) is 44.7 Å². The van der Waals surface area contributed by atoms with E-state index in [2.05, 4.69) is 23.5 Å². The van der Waals surface area contributed by atoms with Crippen LogP contribution in [0.2, 0.25) is 0 Å². The first-order valence-corrected chi connectivity index (χ1v) is 7.70. The Bertz CT molecular complexity index is 665. The number of benzene rings is 2. The van der Waals surface area contributed by atoms with Crippen LogP contribution in [0.25, 0.3) is 10.8 Å². The average Bonchev–Trinajstić information content (AvgIpc) is 2.49. The summed E-state index contributed by atoms with van der Waals surface area (Å²) >= 11 is 0. The number of fused-ring (bicyclic) bond motifs is 1. The first kappa shape index (κ1) is 14.1. The lowest BCUT2D eigenvalue weighted by Gasteiger charge is -2.30. The summed E-state index contributed by atoms with van der Waals surface area (Å²) in [7, 11) is 0. The number of anilines is 1. The van der Waals surface area contributed by atoms with Gasteiger partial charge < -0.3 is 11.1 Å². The summed E-state index contributed by atoms with van der Waals surface area (Å²) in [5.41, 5.74) is 8.07. The number of ketones is 1. The molecule has 3 N–H and O–H groups in total. The smallest absolute Gasteiger partial charge is 0.159 e. The van der Waals surface area contributed by atoms with Crippen molar-refractivity contribution < 1.29 is 4.79 Å². The molecule has 2 aromatic rings. The molecule has 1 aliphatic carbocycles. The van der Waals surface area contributed by atoms with Crippen molar-refractivity contribution in [2.75, 3.05) is 5.32 Å². The number of hydrogen-bond acceptors (Lipinski definition) is 3. The van der Waals surface area contributed by atoms with E-state index in [0.717, 1.165) is 34.9 Å². The van der Waals surface area contributed by atoms with E-state index in [1.54, 1.807) is 6.92 Å². The molecule has 1 saturated carbocycles. The quantitative estimate of drug-likeness (QED) is 0.843. The Kier molecular flexibility index (Phi) is 3.93. The second kappa shape index (κ2) is 5.86. The first-order valence-electron chi connectivity index (χ1n) is 7.70. The minimum atomic E-state index is 0.104. The maximum absolute atomic E-state index is 11.4. The summed E-state index contributed by atoms with van der Waals surface area (Å²) < 4.78 is 0. The Morgan fingerprint density at radius 1 is 1.10 bits per heavy atom. The number of hydrogen-bond donors (Lipinski definition) is 2. The molecule has 0 aliphatic heterocycles. The maximum Gasteiger partial charge on any atom is 0.159 e. The fourth-order valence-corrected chi connectivity index (χ4v) is 3.11. The molecule has 2 atom stereocenters. The van der Waals surface area contributed by atoms with E-state index in [4.69, 9.17) is 5.73 Å². The fraction of sp³-hybridized carbons (Fsp3) is 0.389. The second-order valence-electron chi connectivity index (χ2n) is 6.03. The summed E-state index contributed by atoms with van der Waals surface area (Å²) in [5, 5.41) is 5.81. The molecule has 0 amide bonds. The van der Waals surface area contributed by atoms with Gasteiger partial charge in [0.25, 0.3) is 0 Å². The third kappa shape index (κ3) is 3.08. The van der Waals surface area contributed by atoms with Crippen LogP contribution in [0, 0.1) is 0 Å². The van der Waals surface area contributed by atoms with Gasteiger partial charge in [0.05, 0.1) is 0 Å². The van der Waals surface area contributed by atoms with Gasteiger partial charge in [0, 0.05) is 23.3 Å². The van der Waals surface area contributed by atoms with Gasteiger partial charge >= 0.3 is 0 Å². The normalized spacial score (nSPS) is 22.2. The zero-order valence-electron chi connectivity index (χ0n) is 12.4. The lowest BCUT2D eigenvalue weighted by Crippen LogP contribution is -2.42. The molecule has 0 saturated heterocycles. The van der Waals surface area contributed by atoms with E-state index in [-0.39, 0.29) is 11.8 Å². The van der Waals surface area contributed by atoms with Gasteiger partial charge in [-0.2, -0.15) is 0 Å². The average molecular weight is 282 g/mol. The molecule has 0 heterocycles. The molecule has 2 aromatic carbocycles. The predicted molar refractivity (Wildman–Crippen MR) is 87.8 cm³/mol. The van der Waals surface area contributed by atoms with Crippen LogP contribution in [0.3, 0.4) is 0 Å². The van der Waals surface area contributed by atoms with Gasteiger partial charge in [-0.25, -0.2) is 0 Å². The highest BCUT2D eigenvalue weighted by Crippen LogP contribution is 2.24. The number of carbonyl (C=O) groups is 1. The monoisotopic (exact) mass is 282 g/mol. The Balaban J connectivity index is 1.84. The van der Waals surface area contributed by atoms with Gasteiger partial charge in [0.2, 0.25) is 0 Å². The molecule has 0 radical (unpaired) electrons. The summed E-state index contributed by atoms with van der Waals surface area (Å²) in [6.07, 6.45) is 4.74. The lowest BCUT2D eigenvalue weighted by atomic mass is 9.91. The van der Waals surface area contributed by atoms with Crippen LogP contribution < -0.4 is 11.1 Å². The van der Waals surface area contributed by atoms with Crippen molar-refractivity contribution in [3.8, 4) is 0 Å². The first-order chi connectivity index (χ1) is 10.1. The van der Waals surface area contributed by atoms with E-state index in [1.807, 2.05) is 18.2 Å². The Morgan fingerprint density at radius 3 is 2.57 bits per heavy atom. The zero-order valence-corrected chi connectivity index (χ0v) is 12.4. The fourth-order valence-electron chi connectivity index (χ4n) is 3.11. The van der Waals surface area contributed by atoms with Crippen molar-refractivity contribution in [3.05, 3.63) is 42.0 Å². The third-order valence-corrected chi connectivity index (χ3v) is 4.42. The standard InChI is InChI=1S/C18H22N2O/c1-12(21)13-6-7-15-11-16(9-8-14(15)10-13)20-18-5-3-2-4-17(18)19/h6-11,17-18,20H,2-5,19H2,1H3. The van der Waals surface area contributed by atoms with E-state index in [9.17, 15) is 4.79 Å². The topological polar surface area (TPSA) is 55.1 Å². The molecule has 1 aliphatic rings. The SMILES string of the molecule is CC(=O)c1ccc2cc(NC3CCCCC3N)ccc2c1. The molecule has 0 spiro atoms. The van der Waals surface area contributed by atoms with Gasteiger partial charge in [0.1, 0.15) is 0 Å². The highest BCUT2D eigenvalue weighted by Gasteiger charge is 2.21. The van der Waals surface area contributed by atoms with E-state index >= 15 is 0 Å². The van der Waals surface area contributed by atoms with Gasteiger partial charge in [-0.1, -0.05) is 31.0 Å². The summed E-state index contributed by atoms with van der Waals surface area (Å²) in [6, 6.07) is 12.8. The minimum absolute atomic E-state index is 0.104. The van der Waals surface area contributed by atoms with Crippen molar-refractivity contribution in [3.63, 3.8) is 0 Å². The highest BCUT2D eigenvalue weighted by atomic mass is 16.1. The van der Waals surface area contributed by atoms with E-state index in [1.165, 1.54) is 12.8 Å². The molecule has 0 aromatic heterocycles. The van der Waals surface area contributed by atoms with Crippen LogP contribution in [0.15, 0.2) is 36.4 Å². The van der Waals surface area contributed by atoms with E-state index in [0.29, 0.717) is 6.04 Å². The van der Waals surface area contributed by atoms with E-state index < -0.39 is 0 Å². The van der Waals surface area contributed by atoms with Crippen LogP contribution in [-0.4, -0.2) is 17.9 Å². The van der Waals surface area contributed by atoms with Gasteiger partial charge in [-0.05, 0) is 48.7 Å². The molecule has 21 heavy (non-hydrogen) atoms. The maximum atomic E-state index is 11.4. The molecule has 2 unspecified atom stereocenters. The Labute approximate surface area is 125 Å². The number of nitrogens with one attached hydrogen (secondary N) is 1. The van der Waals surface area contributed by atoms with Crippen LogP contribution >= 0.6 is 0 Å².